The number of nitrogens with zero attached hydrogens (tertiary/aromatic N) is 3. The first-order valence-electron chi connectivity index (χ1n) is 9.10. The zero-order valence-corrected chi connectivity index (χ0v) is 19.0. The van der Waals surface area contributed by atoms with Gasteiger partial charge in [-0.2, -0.15) is 0 Å². The highest BCUT2D eigenvalue weighted by molar-refractivity contribution is 14.2. The summed E-state index contributed by atoms with van der Waals surface area (Å²) in [6, 6.07) is 18.7. The molecule has 1 fully saturated rings. The zero-order chi connectivity index (χ0) is 19.8. The van der Waals surface area contributed by atoms with Crippen LogP contribution in [0.5, 0.6) is 0 Å². The zero-order valence-electron chi connectivity index (χ0n) is 16.1. The Morgan fingerprint density at radius 3 is 2.46 bits per heavy atom. The molecule has 0 aromatic heterocycles. The number of likely N-dealkylation sites (N-methyl/N-ethyl adjacent to an activating group) is 1. The first-order chi connectivity index (χ1) is 13.5. The van der Waals surface area contributed by atoms with E-state index in [1.54, 1.807) is 0 Å². The minimum Gasteiger partial charge on any atom is -0.368 e. The van der Waals surface area contributed by atoms with Crippen molar-refractivity contribution in [3.8, 4) is 0 Å². The molecule has 5 heteroatoms. The highest BCUT2D eigenvalue weighted by Gasteiger charge is 2.26. The highest BCUT2D eigenvalue weighted by Crippen LogP contribution is 2.39. The minimum atomic E-state index is -2.02. The Bertz CT molecular complexity index is 1090. The van der Waals surface area contributed by atoms with Crippen LogP contribution in [-0.4, -0.2) is 45.9 Å². The van der Waals surface area contributed by atoms with Gasteiger partial charge in [0.25, 0.3) is 0 Å². The van der Waals surface area contributed by atoms with Gasteiger partial charge in [-0.05, 0) is 56.5 Å². The van der Waals surface area contributed by atoms with Gasteiger partial charge >= 0.3 is 0 Å². The van der Waals surface area contributed by atoms with Crippen LogP contribution >= 0.6 is 30.7 Å². The Labute approximate surface area is 178 Å². The molecule has 0 bridgehead atoms. The molecule has 2 heterocycles. The van der Waals surface area contributed by atoms with Crippen LogP contribution in [0.1, 0.15) is 11.1 Å². The summed E-state index contributed by atoms with van der Waals surface area (Å²) in [5.41, 5.74) is 6.12. The van der Waals surface area contributed by atoms with Gasteiger partial charge in [0.1, 0.15) is 0 Å². The summed E-state index contributed by atoms with van der Waals surface area (Å²) in [7, 11) is 4.08. The van der Waals surface area contributed by atoms with Gasteiger partial charge in [-0.3, -0.25) is 4.90 Å². The minimum absolute atomic E-state index is 0.661. The summed E-state index contributed by atoms with van der Waals surface area (Å²) < 4.78 is 10.5. The van der Waals surface area contributed by atoms with E-state index in [1.165, 1.54) is 5.69 Å². The van der Waals surface area contributed by atoms with Crippen molar-refractivity contribution in [3.63, 3.8) is 0 Å². The first-order valence-corrected chi connectivity index (χ1v) is 13.0. The molecule has 0 amide bonds. The fourth-order valence-corrected chi connectivity index (χ4v) is 7.61. The first kappa shape index (κ1) is 19.4. The third-order valence-electron chi connectivity index (χ3n) is 4.78. The van der Waals surface area contributed by atoms with Gasteiger partial charge in [-0.1, -0.05) is 65.2 Å². The third-order valence-corrected chi connectivity index (χ3v) is 8.89. The molecule has 0 atom stereocenters. The lowest BCUT2D eigenvalue weighted by atomic mass is 9.95. The van der Waals surface area contributed by atoms with Crippen LogP contribution in [0.2, 0.25) is 0 Å². The molecule has 0 aliphatic carbocycles. The van der Waals surface area contributed by atoms with Crippen molar-refractivity contribution in [2.24, 2.45) is 3.21 Å². The Kier molecular flexibility index (Phi) is 5.45. The van der Waals surface area contributed by atoms with Crippen molar-refractivity contribution in [2.75, 3.05) is 32.1 Å². The van der Waals surface area contributed by atoms with Crippen LogP contribution in [0.4, 0.5) is 5.69 Å². The van der Waals surface area contributed by atoms with Crippen molar-refractivity contribution in [3.05, 3.63) is 82.9 Å². The van der Waals surface area contributed by atoms with E-state index in [4.69, 9.17) is 14.8 Å². The molecule has 0 spiro atoms. The molecule has 0 unspecified atom stereocenters. The van der Waals surface area contributed by atoms with Gasteiger partial charge in [0.2, 0.25) is 0 Å². The number of allylic oxidation sites excluding steroid dienone is 1. The van der Waals surface area contributed by atoms with E-state index in [0.717, 1.165) is 44.7 Å². The van der Waals surface area contributed by atoms with Crippen LogP contribution in [0.3, 0.4) is 0 Å². The average molecular weight is 504 g/mol. The molecule has 0 radical (unpaired) electrons. The van der Waals surface area contributed by atoms with Crippen molar-refractivity contribution in [2.45, 2.75) is 0 Å². The molecule has 0 saturated carbocycles. The second kappa shape index (κ2) is 7.85. The number of benzene rings is 2. The fourth-order valence-electron chi connectivity index (χ4n) is 3.29. The lowest BCUT2D eigenvalue weighted by molar-refractivity contribution is 0.638. The van der Waals surface area contributed by atoms with E-state index in [2.05, 4.69) is 45.2 Å². The fraction of sp³-hybridized carbons (Fsp3) is 0.174. The average Bonchev–Trinajstić information content (AvgIpc) is 3.54. The largest absolute Gasteiger partial charge is 0.368 e. The molecule has 4 rings (SSSR count). The number of hydrogen-bond acceptors (Lipinski definition) is 3. The van der Waals surface area contributed by atoms with E-state index in [0.29, 0.717) is 5.03 Å². The molecule has 3 nitrogen and oxygen atoms in total. The second-order valence-corrected chi connectivity index (χ2v) is 10.8. The van der Waals surface area contributed by atoms with Crippen LogP contribution in [0, 0.1) is 0 Å². The predicted octanol–water partition coefficient (Wildman–Crippen LogP) is 5.06. The van der Waals surface area contributed by atoms with Gasteiger partial charge < -0.3 is 4.90 Å². The molecular formula is C23H23ClIN3. The summed E-state index contributed by atoms with van der Waals surface area (Å²) in [6.45, 7) is 6.69. The monoisotopic (exact) mass is 503 g/mol. The van der Waals surface area contributed by atoms with E-state index >= 15 is 0 Å². The predicted molar refractivity (Wildman–Crippen MR) is 133 cm³/mol. The molecule has 1 saturated heterocycles. The molecule has 2 aliphatic heterocycles. The normalized spacial score (nSPS) is 17.2. The second-order valence-electron chi connectivity index (χ2n) is 7.03. The summed E-state index contributed by atoms with van der Waals surface area (Å²) in [5, 5.41) is 0.661. The Morgan fingerprint density at radius 2 is 1.82 bits per heavy atom. The maximum absolute atomic E-state index is 6.97. The number of halogens is 2. The van der Waals surface area contributed by atoms with E-state index in [9.17, 15) is 0 Å². The van der Waals surface area contributed by atoms with Crippen LogP contribution in [-0.2, 0) is 0 Å². The number of rotatable bonds is 5. The quantitative estimate of drug-likeness (QED) is 0.419. The maximum atomic E-state index is 6.97. The van der Waals surface area contributed by atoms with Crippen molar-refractivity contribution in [1.29, 1.82) is 0 Å². The summed E-state index contributed by atoms with van der Waals surface area (Å²) in [5.74, 6) is 0. The molecule has 0 N–H and O–H groups in total. The third kappa shape index (κ3) is 3.69. The molecule has 2 aliphatic rings. The molecule has 28 heavy (non-hydrogen) atoms. The maximum Gasteiger partial charge on any atom is 0.0952 e. The van der Waals surface area contributed by atoms with Crippen molar-refractivity contribution < 1.29 is 0 Å². The lowest BCUT2D eigenvalue weighted by Crippen LogP contribution is -2.26. The van der Waals surface area contributed by atoms with Gasteiger partial charge in [0.05, 0.1) is 14.4 Å². The molecular weight excluding hydrogens is 481 g/mol. The van der Waals surface area contributed by atoms with E-state index in [-0.39, 0.29) is 0 Å². The standard InChI is InChI=1S/C23H23ClIN3/c1-16(18-11-8-12-19(15-18)28-13-14-28)20-21(24)22(17-9-6-5-7-10-17)26-25(2)23(20)27(3)4/h5-12,15H,1-2,13-14H2,3-4H3. The van der Waals surface area contributed by atoms with Gasteiger partial charge in [0.15, 0.2) is 0 Å². The number of anilines is 1. The molecule has 2 aromatic carbocycles. The van der Waals surface area contributed by atoms with Crippen molar-refractivity contribution >= 4 is 55.9 Å². The van der Waals surface area contributed by atoms with Crippen LogP contribution in [0.15, 0.2) is 75.0 Å². The van der Waals surface area contributed by atoms with Gasteiger partial charge in [0, 0.05) is 29.9 Å². The Balaban J connectivity index is 1.86. The van der Waals surface area contributed by atoms with Crippen LogP contribution < -0.4 is 4.90 Å². The topological polar surface area (TPSA) is 18.6 Å². The lowest BCUT2D eigenvalue weighted by Gasteiger charge is -2.26. The summed E-state index contributed by atoms with van der Waals surface area (Å²) in [4.78, 5) is 4.45. The molecule has 2 aromatic rings. The summed E-state index contributed by atoms with van der Waals surface area (Å²) >= 11 is 4.95. The van der Waals surface area contributed by atoms with E-state index < -0.39 is 19.1 Å². The van der Waals surface area contributed by atoms with Gasteiger partial charge in [-0.15, -0.1) is 0 Å². The van der Waals surface area contributed by atoms with Crippen molar-refractivity contribution in [1.82, 2.24) is 4.90 Å². The SMILES string of the molecule is C=C(C1=C(Cl)C(c2ccccc2)=NI(=C)=C1N(C)C)c1cccc(N2CC2)c1. The van der Waals surface area contributed by atoms with Crippen LogP contribution in [0.25, 0.3) is 5.57 Å². The Morgan fingerprint density at radius 1 is 1.11 bits per heavy atom. The smallest absolute Gasteiger partial charge is 0.0952 e. The van der Waals surface area contributed by atoms with E-state index in [1.807, 2.05) is 44.4 Å². The molecule has 144 valence electrons. The highest BCUT2D eigenvalue weighted by atomic mass is 127. The Hall–Kier alpha value is -1.89. The summed E-state index contributed by atoms with van der Waals surface area (Å²) in [6.07, 6.45) is 0. The number of hydrogen-bond donors (Lipinski definition) is 0. The van der Waals surface area contributed by atoms with Gasteiger partial charge in [-0.25, -0.2) is 3.21 Å².